The van der Waals surface area contributed by atoms with Gasteiger partial charge in [0, 0.05) is 16.9 Å². The standard InChI is InChI=1S/C21H32BrN3O/c1-20-9-7-14(24-25-23)11-13(20)3-4-15-16-5-6-18(19(26)12-22)21(16,2)10-8-17(15)20/h13-18H,3-12H2,1-2H3/t13-,14+,15-,16-,17-,18+,20-,21-/m0/s1. The van der Waals surface area contributed by atoms with Crippen LogP contribution >= 0.6 is 15.9 Å². The Kier molecular flexibility index (Phi) is 4.93. The molecule has 4 nitrogen and oxygen atoms in total. The molecule has 0 unspecified atom stereocenters. The van der Waals surface area contributed by atoms with E-state index in [0.717, 1.165) is 42.9 Å². The third kappa shape index (κ3) is 2.68. The van der Waals surface area contributed by atoms with Crippen LogP contribution in [-0.2, 0) is 4.79 Å². The quantitative estimate of drug-likeness (QED) is 0.228. The van der Waals surface area contributed by atoms with Gasteiger partial charge in [-0.15, -0.1) is 0 Å². The Morgan fingerprint density at radius 2 is 1.81 bits per heavy atom. The van der Waals surface area contributed by atoms with Gasteiger partial charge in [0.25, 0.3) is 0 Å². The molecule has 4 aliphatic rings. The summed E-state index contributed by atoms with van der Waals surface area (Å²) in [4.78, 5) is 15.6. The average Bonchev–Trinajstić information content (AvgIpc) is 2.99. The molecule has 0 radical (unpaired) electrons. The molecule has 4 rings (SSSR count). The predicted molar refractivity (Wildman–Crippen MR) is 107 cm³/mol. The first-order valence-electron chi connectivity index (χ1n) is 10.6. The van der Waals surface area contributed by atoms with E-state index in [4.69, 9.17) is 5.53 Å². The first-order chi connectivity index (χ1) is 12.4. The summed E-state index contributed by atoms with van der Waals surface area (Å²) in [5.74, 6) is 3.78. The van der Waals surface area contributed by atoms with Crippen molar-refractivity contribution in [2.75, 3.05) is 5.33 Å². The molecule has 0 aromatic carbocycles. The Morgan fingerprint density at radius 1 is 1.08 bits per heavy atom. The summed E-state index contributed by atoms with van der Waals surface area (Å²) in [7, 11) is 0. The van der Waals surface area contributed by atoms with Crippen molar-refractivity contribution in [1.29, 1.82) is 0 Å². The molecule has 0 aliphatic heterocycles. The number of ketones is 1. The number of Topliss-reactive ketones (excluding diaryl/α,β-unsaturated/α-hetero) is 1. The van der Waals surface area contributed by atoms with E-state index in [0.29, 0.717) is 16.5 Å². The molecule has 0 aromatic heterocycles. The van der Waals surface area contributed by atoms with Gasteiger partial charge in [0.1, 0.15) is 5.78 Å². The number of halogens is 1. The molecule has 0 spiro atoms. The van der Waals surface area contributed by atoms with Crippen LogP contribution in [-0.4, -0.2) is 17.2 Å². The molecule has 26 heavy (non-hydrogen) atoms. The highest BCUT2D eigenvalue weighted by Gasteiger charge is 2.60. The minimum Gasteiger partial charge on any atom is -0.298 e. The summed E-state index contributed by atoms with van der Waals surface area (Å²) in [6.45, 7) is 4.97. The van der Waals surface area contributed by atoms with Gasteiger partial charge in [0.2, 0.25) is 0 Å². The van der Waals surface area contributed by atoms with Gasteiger partial charge in [0.05, 0.1) is 5.33 Å². The highest BCUT2D eigenvalue weighted by molar-refractivity contribution is 9.09. The summed E-state index contributed by atoms with van der Waals surface area (Å²) in [6, 6.07) is 0.218. The summed E-state index contributed by atoms with van der Waals surface area (Å²) in [5, 5.41) is 4.57. The Hall–Kier alpha value is -0.540. The fourth-order valence-electron chi connectivity index (χ4n) is 8.04. The van der Waals surface area contributed by atoms with E-state index in [1.54, 1.807) is 0 Å². The summed E-state index contributed by atoms with van der Waals surface area (Å²) in [5.41, 5.74) is 9.47. The van der Waals surface area contributed by atoms with Crippen LogP contribution in [0.15, 0.2) is 5.11 Å². The zero-order chi connectivity index (χ0) is 18.5. The predicted octanol–water partition coefficient (Wildman–Crippen LogP) is 6.29. The zero-order valence-electron chi connectivity index (χ0n) is 16.2. The van der Waals surface area contributed by atoms with Crippen molar-refractivity contribution in [2.45, 2.75) is 77.7 Å². The minimum absolute atomic E-state index is 0.218. The summed E-state index contributed by atoms with van der Waals surface area (Å²) >= 11 is 3.42. The molecule has 0 bridgehead atoms. The second-order valence-corrected chi connectivity index (χ2v) is 10.6. The number of carbonyl (C=O) groups excluding carboxylic acids is 1. The second-order valence-electron chi connectivity index (χ2n) is 10.1. The van der Waals surface area contributed by atoms with Crippen LogP contribution in [0.25, 0.3) is 10.4 Å². The molecule has 0 heterocycles. The minimum atomic E-state index is 0.218. The van der Waals surface area contributed by atoms with Gasteiger partial charge in [-0.05, 0) is 97.8 Å². The lowest BCUT2D eigenvalue weighted by molar-refractivity contribution is -0.133. The van der Waals surface area contributed by atoms with E-state index in [9.17, 15) is 4.79 Å². The van der Waals surface area contributed by atoms with Crippen LogP contribution in [0.2, 0.25) is 0 Å². The Morgan fingerprint density at radius 3 is 2.54 bits per heavy atom. The first kappa shape index (κ1) is 18.8. The van der Waals surface area contributed by atoms with Crippen molar-refractivity contribution in [3.05, 3.63) is 10.4 Å². The largest absolute Gasteiger partial charge is 0.298 e. The second kappa shape index (κ2) is 6.81. The maximum Gasteiger partial charge on any atom is 0.147 e. The van der Waals surface area contributed by atoms with Gasteiger partial charge in [-0.1, -0.05) is 34.9 Å². The van der Waals surface area contributed by atoms with E-state index in [-0.39, 0.29) is 17.4 Å². The Bertz CT molecular complexity index is 633. The summed E-state index contributed by atoms with van der Waals surface area (Å²) < 4.78 is 0. The van der Waals surface area contributed by atoms with Gasteiger partial charge in [0.15, 0.2) is 0 Å². The fraction of sp³-hybridized carbons (Fsp3) is 0.952. The highest BCUT2D eigenvalue weighted by Crippen LogP contribution is 2.67. The lowest BCUT2D eigenvalue weighted by atomic mass is 9.44. The van der Waals surface area contributed by atoms with Crippen LogP contribution in [0, 0.1) is 40.4 Å². The number of fused-ring (bicyclic) bond motifs is 5. The Balaban J connectivity index is 1.57. The van der Waals surface area contributed by atoms with Crippen molar-refractivity contribution in [1.82, 2.24) is 0 Å². The van der Waals surface area contributed by atoms with Crippen molar-refractivity contribution < 1.29 is 4.79 Å². The topological polar surface area (TPSA) is 65.8 Å². The molecule has 0 N–H and O–H groups in total. The molecule has 0 aromatic rings. The first-order valence-corrected chi connectivity index (χ1v) is 11.7. The number of hydrogen-bond donors (Lipinski definition) is 0. The van der Waals surface area contributed by atoms with Crippen LogP contribution < -0.4 is 0 Å². The van der Waals surface area contributed by atoms with Crippen LogP contribution in [0.3, 0.4) is 0 Å². The van der Waals surface area contributed by atoms with Crippen LogP contribution in [0.1, 0.15) is 71.6 Å². The number of rotatable bonds is 3. The molecular formula is C21H32BrN3O. The van der Waals surface area contributed by atoms with Crippen molar-refractivity contribution in [2.24, 2.45) is 45.5 Å². The molecule has 4 fully saturated rings. The fourth-order valence-corrected chi connectivity index (χ4v) is 8.43. The SMILES string of the molecule is C[C@]12CC[C@@H](N=[N+]=[N-])C[C@@H]1CC[C@@H]1[C@@H]2CC[C@]2(C)[C@@H](C(=O)CBr)CC[C@@H]12. The average molecular weight is 422 g/mol. The van der Waals surface area contributed by atoms with Crippen LogP contribution in [0.5, 0.6) is 0 Å². The van der Waals surface area contributed by atoms with Crippen molar-refractivity contribution in [3.8, 4) is 0 Å². The number of azide groups is 1. The van der Waals surface area contributed by atoms with E-state index in [1.165, 1.54) is 38.5 Å². The molecule has 8 atom stereocenters. The third-order valence-corrected chi connectivity index (χ3v) is 9.93. The van der Waals surface area contributed by atoms with Gasteiger partial charge >= 0.3 is 0 Å². The molecule has 4 saturated carbocycles. The Labute approximate surface area is 165 Å². The van der Waals surface area contributed by atoms with E-state index >= 15 is 0 Å². The maximum atomic E-state index is 12.5. The number of carbonyl (C=O) groups is 1. The van der Waals surface area contributed by atoms with Crippen LogP contribution in [0.4, 0.5) is 0 Å². The number of nitrogens with zero attached hydrogens (tertiary/aromatic N) is 3. The van der Waals surface area contributed by atoms with Gasteiger partial charge in [-0.25, -0.2) is 0 Å². The lowest BCUT2D eigenvalue weighted by Gasteiger charge is -2.61. The van der Waals surface area contributed by atoms with Crippen molar-refractivity contribution >= 4 is 21.7 Å². The van der Waals surface area contributed by atoms with Crippen molar-refractivity contribution in [3.63, 3.8) is 0 Å². The normalized spacial score (nSPS) is 50.1. The molecule has 0 amide bonds. The van der Waals surface area contributed by atoms with E-state index in [1.807, 2.05) is 0 Å². The van der Waals surface area contributed by atoms with Gasteiger partial charge in [-0.2, -0.15) is 0 Å². The molecule has 5 heteroatoms. The smallest absolute Gasteiger partial charge is 0.147 e. The monoisotopic (exact) mass is 421 g/mol. The maximum absolute atomic E-state index is 12.5. The highest BCUT2D eigenvalue weighted by atomic mass is 79.9. The molecular weight excluding hydrogens is 390 g/mol. The lowest BCUT2D eigenvalue weighted by Crippen LogP contribution is -2.54. The number of alkyl halides is 1. The molecule has 0 saturated heterocycles. The van der Waals surface area contributed by atoms with Gasteiger partial charge < -0.3 is 0 Å². The third-order valence-electron chi connectivity index (χ3n) is 9.37. The molecule has 144 valence electrons. The summed E-state index contributed by atoms with van der Waals surface area (Å²) in [6.07, 6.45) is 10.9. The van der Waals surface area contributed by atoms with E-state index in [2.05, 4.69) is 39.8 Å². The zero-order valence-corrected chi connectivity index (χ0v) is 17.7. The van der Waals surface area contributed by atoms with E-state index < -0.39 is 0 Å². The molecule has 4 aliphatic carbocycles. The number of hydrogen-bond acceptors (Lipinski definition) is 2. The van der Waals surface area contributed by atoms with Gasteiger partial charge in [-0.3, -0.25) is 4.79 Å².